The van der Waals surface area contributed by atoms with E-state index in [4.69, 9.17) is 10.4 Å². The molecular formula is C11H20N2O. The first-order valence-electron chi connectivity index (χ1n) is 5.53. The van der Waals surface area contributed by atoms with E-state index in [9.17, 15) is 0 Å². The zero-order chi connectivity index (χ0) is 10.4. The zero-order valence-electron chi connectivity index (χ0n) is 8.95. The van der Waals surface area contributed by atoms with Crippen molar-refractivity contribution in [3.8, 4) is 6.07 Å². The molecule has 1 atom stereocenters. The van der Waals surface area contributed by atoms with Gasteiger partial charge in [0, 0.05) is 25.2 Å². The predicted octanol–water partition coefficient (Wildman–Crippen LogP) is 1.53. The summed E-state index contributed by atoms with van der Waals surface area (Å²) in [5, 5.41) is 17.5. The average molecular weight is 196 g/mol. The van der Waals surface area contributed by atoms with E-state index in [1.807, 2.05) is 0 Å². The molecule has 0 aromatic carbocycles. The van der Waals surface area contributed by atoms with Gasteiger partial charge in [0.1, 0.15) is 0 Å². The molecule has 1 rings (SSSR count). The van der Waals surface area contributed by atoms with Crippen LogP contribution in [-0.4, -0.2) is 35.2 Å². The van der Waals surface area contributed by atoms with E-state index < -0.39 is 0 Å². The highest BCUT2D eigenvalue weighted by molar-refractivity contribution is 4.87. The minimum absolute atomic E-state index is 0.252. The van der Waals surface area contributed by atoms with Crippen molar-refractivity contribution in [1.29, 1.82) is 5.26 Å². The lowest BCUT2D eigenvalue weighted by Gasteiger charge is -2.40. The van der Waals surface area contributed by atoms with Crippen molar-refractivity contribution in [3.05, 3.63) is 0 Å². The number of nitriles is 1. The minimum atomic E-state index is 0.252. The van der Waals surface area contributed by atoms with Crippen LogP contribution in [0, 0.1) is 11.3 Å². The molecule has 3 heteroatoms. The molecule has 80 valence electrons. The van der Waals surface area contributed by atoms with Gasteiger partial charge in [0.2, 0.25) is 0 Å². The van der Waals surface area contributed by atoms with E-state index in [1.165, 1.54) is 19.3 Å². The molecule has 0 aromatic rings. The molecule has 0 radical (unpaired) electrons. The molecule has 0 heterocycles. The molecule has 1 N–H and O–H groups in total. The molecule has 1 unspecified atom stereocenters. The standard InChI is InChI=1S/C11H20N2O/c1-10(6-7-12)13(8-3-9-14)11-4-2-5-11/h10-11,14H,2-6,8-9H2,1H3. The Labute approximate surface area is 86.3 Å². The lowest BCUT2D eigenvalue weighted by atomic mass is 9.90. The summed E-state index contributed by atoms with van der Waals surface area (Å²) in [6, 6.07) is 3.24. The molecule has 14 heavy (non-hydrogen) atoms. The molecular weight excluding hydrogens is 176 g/mol. The molecule has 1 saturated carbocycles. The van der Waals surface area contributed by atoms with Gasteiger partial charge in [0.05, 0.1) is 12.5 Å². The molecule has 1 aliphatic carbocycles. The first-order chi connectivity index (χ1) is 6.79. The Hall–Kier alpha value is -0.590. The molecule has 0 bridgehead atoms. The van der Waals surface area contributed by atoms with Crippen LogP contribution in [0.4, 0.5) is 0 Å². The summed E-state index contributed by atoms with van der Waals surface area (Å²) in [6.45, 7) is 3.30. The number of aliphatic hydroxyl groups excluding tert-OH is 1. The van der Waals surface area contributed by atoms with Gasteiger partial charge >= 0.3 is 0 Å². The maximum atomic E-state index is 8.81. The van der Waals surface area contributed by atoms with Crippen molar-refractivity contribution < 1.29 is 5.11 Å². The summed E-state index contributed by atoms with van der Waals surface area (Å²) < 4.78 is 0. The Kier molecular flexibility index (Phi) is 4.92. The van der Waals surface area contributed by atoms with E-state index in [-0.39, 0.29) is 6.61 Å². The Bertz CT molecular complexity index is 196. The van der Waals surface area contributed by atoms with E-state index in [1.54, 1.807) is 0 Å². The summed E-state index contributed by atoms with van der Waals surface area (Å²) in [5.41, 5.74) is 0. The second-order valence-electron chi connectivity index (χ2n) is 4.11. The number of nitrogens with zero attached hydrogens (tertiary/aromatic N) is 2. The van der Waals surface area contributed by atoms with Crippen LogP contribution >= 0.6 is 0 Å². The molecule has 0 aliphatic heterocycles. The fourth-order valence-corrected chi connectivity index (χ4v) is 1.98. The molecule has 0 amide bonds. The summed E-state index contributed by atoms with van der Waals surface area (Å²) >= 11 is 0. The van der Waals surface area contributed by atoms with E-state index >= 15 is 0 Å². The minimum Gasteiger partial charge on any atom is -0.396 e. The molecule has 0 aromatic heterocycles. The first-order valence-corrected chi connectivity index (χ1v) is 5.53. The average Bonchev–Trinajstić information content (AvgIpc) is 2.09. The SMILES string of the molecule is CC(CC#N)N(CCCO)C1CCC1. The fourth-order valence-electron chi connectivity index (χ4n) is 1.98. The Morgan fingerprint density at radius 2 is 2.29 bits per heavy atom. The second-order valence-corrected chi connectivity index (χ2v) is 4.11. The van der Waals surface area contributed by atoms with Crippen molar-refractivity contribution in [2.45, 2.75) is 51.1 Å². The van der Waals surface area contributed by atoms with Gasteiger partial charge in [0.15, 0.2) is 0 Å². The van der Waals surface area contributed by atoms with Gasteiger partial charge in [-0.15, -0.1) is 0 Å². The smallest absolute Gasteiger partial charge is 0.0638 e. The Morgan fingerprint density at radius 1 is 1.57 bits per heavy atom. The quantitative estimate of drug-likeness (QED) is 0.700. The molecule has 0 spiro atoms. The van der Waals surface area contributed by atoms with E-state index in [0.717, 1.165) is 13.0 Å². The summed E-state index contributed by atoms with van der Waals surface area (Å²) in [7, 11) is 0. The van der Waals surface area contributed by atoms with E-state index in [2.05, 4.69) is 17.9 Å². The predicted molar refractivity (Wildman–Crippen MR) is 55.7 cm³/mol. The van der Waals surface area contributed by atoms with Crippen LogP contribution in [0.2, 0.25) is 0 Å². The van der Waals surface area contributed by atoms with Crippen LogP contribution < -0.4 is 0 Å². The van der Waals surface area contributed by atoms with Crippen molar-refractivity contribution in [3.63, 3.8) is 0 Å². The number of aliphatic hydroxyl groups is 1. The highest BCUT2D eigenvalue weighted by Gasteiger charge is 2.27. The van der Waals surface area contributed by atoms with Gasteiger partial charge in [-0.1, -0.05) is 6.42 Å². The van der Waals surface area contributed by atoms with Crippen LogP contribution in [-0.2, 0) is 0 Å². The van der Waals surface area contributed by atoms with Gasteiger partial charge in [-0.05, 0) is 26.2 Å². The summed E-state index contributed by atoms with van der Waals surface area (Å²) in [5.74, 6) is 0. The molecule has 0 saturated heterocycles. The lowest BCUT2D eigenvalue weighted by molar-refractivity contribution is 0.0806. The number of hydrogen-bond acceptors (Lipinski definition) is 3. The molecule has 3 nitrogen and oxygen atoms in total. The normalized spacial score (nSPS) is 19.0. The van der Waals surface area contributed by atoms with Gasteiger partial charge in [-0.2, -0.15) is 5.26 Å². The maximum absolute atomic E-state index is 8.81. The van der Waals surface area contributed by atoms with Crippen LogP contribution in [0.3, 0.4) is 0 Å². The highest BCUT2D eigenvalue weighted by atomic mass is 16.3. The van der Waals surface area contributed by atoms with Crippen LogP contribution in [0.1, 0.15) is 39.0 Å². The monoisotopic (exact) mass is 196 g/mol. The largest absolute Gasteiger partial charge is 0.396 e. The number of hydrogen-bond donors (Lipinski definition) is 1. The second kappa shape index (κ2) is 6.00. The summed E-state index contributed by atoms with van der Waals surface area (Å²) in [6.07, 6.45) is 5.27. The molecule has 1 aliphatic rings. The highest BCUT2D eigenvalue weighted by Crippen LogP contribution is 2.27. The Balaban J connectivity index is 2.38. The first kappa shape index (κ1) is 11.5. The zero-order valence-corrected chi connectivity index (χ0v) is 8.95. The number of rotatable bonds is 6. The topological polar surface area (TPSA) is 47.3 Å². The van der Waals surface area contributed by atoms with Crippen molar-refractivity contribution in [1.82, 2.24) is 4.90 Å². The third-order valence-electron chi connectivity index (χ3n) is 3.07. The van der Waals surface area contributed by atoms with Gasteiger partial charge in [0.25, 0.3) is 0 Å². The third kappa shape index (κ3) is 2.97. The van der Waals surface area contributed by atoms with Gasteiger partial charge in [-0.3, -0.25) is 4.90 Å². The van der Waals surface area contributed by atoms with Crippen molar-refractivity contribution in [2.75, 3.05) is 13.2 Å². The van der Waals surface area contributed by atoms with Crippen LogP contribution in [0.15, 0.2) is 0 Å². The van der Waals surface area contributed by atoms with Crippen LogP contribution in [0.25, 0.3) is 0 Å². The summed E-state index contributed by atoms with van der Waals surface area (Å²) in [4.78, 5) is 2.39. The van der Waals surface area contributed by atoms with Crippen molar-refractivity contribution >= 4 is 0 Å². The van der Waals surface area contributed by atoms with Gasteiger partial charge < -0.3 is 5.11 Å². The van der Waals surface area contributed by atoms with Crippen molar-refractivity contribution in [2.24, 2.45) is 0 Å². The Morgan fingerprint density at radius 3 is 2.71 bits per heavy atom. The fraction of sp³-hybridized carbons (Fsp3) is 0.909. The third-order valence-corrected chi connectivity index (χ3v) is 3.07. The van der Waals surface area contributed by atoms with Crippen LogP contribution in [0.5, 0.6) is 0 Å². The van der Waals surface area contributed by atoms with Gasteiger partial charge in [-0.25, -0.2) is 0 Å². The maximum Gasteiger partial charge on any atom is 0.0638 e. The lowest BCUT2D eigenvalue weighted by Crippen LogP contribution is -2.46. The molecule has 1 fully saturated rings. The van der Waals surface area contributed by atoms with E-state index in [0.29, 0.717) is 18.5 Å².